The van der Waals surface area contributed by atoms with E-state index in [-0.39, 0.29) is 92.5 Å². The molecule has 1 aromatic rings. The maximum absolute atomic E-state index is 16.0. The topological polar surface area (TPSA) is 80.6 Å². The van der Waals surface area contributed by atoms with Crippen molar-refractivity contribution in [3.63, 3.8) is 0 Å². The third kappa shape index (κ3) is 10.8. The molecule has 4 nitrogen and oxygen atoms in total. The number of alkyl halides is 2. The predicted molar refractivity (Wildman–Crippen MR) is 238 cm³/mol. The molecule has 328 valence electrons. The molecular formula is C50H77BrF2KO4P. The van der Waals surface area contributed by atoms with E-state index in [2.05, 4.69) is 66.8 Å². The van der Waals surface area contributed by atoms with Crippen molar-refractivity contribution in [3.05, 3.63) is 42.5 Å². The molecule has 0 aliphatic heterocycles. The van der Waals surface area contributed by atoms with Gasteiger partial charge in [-0.2, -0.15) is 0 Å². The Labute approximate surface area is 409 Å². The van der Waals surface area contributed by atoms with Crippen molar-refractivity contribution >= 4 is 33.2 Å². The van der Waals surface area contributed by atoms with Gasteiger partial charge >= 0.3 is 51.4 Å². The molecule has 9 heteroatoms. The van der Waals surface area contributed by atoms with Crippen LogP contribution in [0.1, 0.15) is 164 Å². The number of rotatable bonds is 1. The SMILES string of the molecule is C=C1CC[C@H]2[C@@H]3CC[C@@H]4C[C@](C)(O)CC[C@]4(F)[C@H]3CC[C@]12C.CC(C)(C)[O-].CP(Br)c1ccccc1.C[C@@]1(O)CC[C@@]2(F)[C@H](CC[C@@H]3[C@@H]2CC[C@]2(C)C(=O)CC[C@@H]32)C1.[K+]. The van der Waals surface area contributed by atoms with Gasteiger partial charge in [-0.25, -0.2) is 8.78 Å². The van der Waals surface area contributed by atoms with Gasteiger partial charge in [0.2, 0.25) is 0 Å². The third-order valence-corrected chi connectivity index (χ3v) is 19.6. The molecule has 8 saturated carbocycles. The summed E-state index contributed by atoms with van der Waals surface area (Å²) in [7, 11) is 0. The molecule has 0 heterocycles. The van der Waals surface area contributed by atoms with E-state index in [4.69, 9.17) is 0 Å². The maximum Gasteiger partial charge on any atom is 1.00 e. The fraction of sp³-hybridized carbons (Fsp3) is 0.820. The Bertz CT molecular complexity index is 1520. The molecule has 8 aliphatic carbocycles. The van der Waals surface area contributed by atoms with Gasteiger partial charge in [-0.3, -0.25) is 4.79 Å². The van der Waals surface area contributed by atoms with E-state index < -0.39 is 28.1 Å². The summed E-state index contributed by atoms with van der Waals surface area (Å²) >= 11 is 3.55. The Kier molecular flexibility index (Phi) is 16.4. The van der Waals surface area contributed by atoms with E-state index in [0.29, 0.717) is 74.4 Å². The summed E-state index contributed by atoms with van der Waals surface area (Å²) in [5.41, 5.74) is -2.61. The second-order valence-electron chi connectivity index (χ2n) is 22.5. The van der Waals surface area contributed by atoms with Crippen LogP contribution in [-0.2, 0) is 4.79 Å². The standard InChI is InChI=1S/C20H31FO.C19H29FO2.C7H8BrP.C4H9O.K/c1-13-4-7-16-15-6-5-14-12-18(2,22)10-11-20(14,21)17(15)8-9-19(13,16)3;1-17(22)9-10-19(20)12(11-17)3-4-13-14-5-6-16(21)18(14,2)8-7-15(13)19;1-9(8)7-5-3-2-4-6-7;1-4(2,3)5;/h14-17,22H,1,4-12H2,2-3H3;12-15,22H,3-11H2,1-2H3;2-6H,1H3;1-3H3;/q;;;-1;+1/t14-,15+,16+,17+,18-,19-,20-;12-,13+,14+,15+,17-,18+,19-;;;/m11.../s1. The average molecular weight is 930 g/mol. The number of hydrogen-bond acceptors (Lipinski definition) is 4. The number of fused-ring (bicyclic) bond motifs is 10. The number of hydrogen-bond donors (Lipinski definition) is 2. The molecule has 2 N–H and O–H groups in total. The minimum Gasteiger partial charge on any atom is -0.850 e. The molecule has 1 unspecified atom stereocenters. The molecule has 0 bridgehead atoms. The Hall–Kier alpha value is 0.916. The fourth-order valence-electron chi connectivity index (χ4n) is 14.3. The zero-order chi connectivity index (χ0) is 42.7. The van der Waals surface area contributed by atoms with Crippen LogP contribution in [0, 0.1) is 58.2 Å². The van der Waals surface area contributed by atoms with Crippen LogP contribution in [0.4, 0.5) is 8.78 Å². The average Bonchev–Trinajstić information content (AvgIpc) is 3.62. The summed E-state index contributed by atoms with van der Waals surface area (Å²) in [6.07, 6.45) is 15.7. The molecular weight excluding hydrogens is 853 g/mol. The first-order valence-corrected chi connectivity index (χ1v) is 26.8. The van der Waals surface area contributed by atoms with Crippen LogP contribution in [0.2, 0.25) is 0 Å². The first kappa shape index (κ1) is 50.9. The predicted octanol–water partition coefficient (Wildman–Crippen LogP) is 8.97. The van der Waals surface area contributed by atoms with Gasteiger partial charge in [0.25, 0.3) is 0 Å². The summed E-state index contributed by atoms with van der Waals surface area (Å²) in [6.45, 7) is 19.6. The van der Waals surface area contributed by atoms with E-state index in [9.17, 15) is 20.1 Å². The second kappa shape index (κ2) is 19.0. The normalized spacial score (nSPS) is 46.2. The van der Waals surface area contributed by atoms with Crippen molar-refractivity contribution in [1.82, 2.24) is 0 Å². The minimum atomic E-state index is -1.09. The van der Waals surface area contributed by atoms with Crippen LogP contribution in [0.15, 0.2) is 42.5 Å². The van der Waals surface area contributed by atoms with Crippen LogP contribution < -0.4 is 61.8 Å². The van der Waals surface area contributed by atoms with Crippen molar-refractivity contribution in [2.24, 2.45) is 58.2 Å². The smallest absolute Gasteiger partial charge is 0.850 e. The number of Topliss-reactive ketones (excluding diaryl/α,β-unsaturated/α-hetero) is 1. The molecule has 0 aromatic heterocycles. The van der Waals surface area contributed by atoms with Gasteiger partial charge in [0, 0.05) is 11.8 Å². The van der Waals surface area contributed by atoms with Crippen LogP contribution in [0.5, 0.6) is 0 Å². The molecule has 8 fully saturated rings. The Morgan fingerprint density at radius 1 is 0.695 bits per heavy atom. The molecule has 0 spiro atoms. The number of ketones is 1. The molecule has 9 rings (SSSR count). The summed E-state index contributed by atoms with van der Waals surface area (Å²) in [5.74, 6) is 2.95. The largest absolute Gasteiger partial charge is 1.00 e. The van der Waals surface area contributed by atoms with Gasteiger partial charge < -0.3 is 15.3 Å². The van der Waals surface area contributed by atoms with Gasteiger partial charge in [0.05, 0.1) is 11.2 Å². The van der Waals surface area contributed by atoms with E-state index in [1.54, 1.807) is 20.8 Å². The zero-order valence-corrected chi connectivity index (χ0v) is 43.8. The van der Waals surface area contributed by atoms with Gasteiger partial charge in [0.15, 0.2) is 0 Å². The maximum atomic E-state index is 16.0. The van der Waals surface area contributed by atoms with Gasteiger partial charge in [-0.05, 0) is 194 Å². The van der Waals surface area contributed by atoms with Crippen LogP contribution in [0.25, 0.3) is 0 Å². The minimum absolute atomic E-state index is 0. The number of carbonyl (C=O) groups is 1. The van der Waals surface area contributed by atoms with Gasteiger partial charge in [-0.15, -0.1) is 5.60 Å². The molecule has 1 aromatic carbocycles. The fourth-order valence-corrected chi connectivity index (χ4v) is 15.6. The molecule has 0 amide bonds. The van der Waals surface area contributed by atoms with E-state index >= 15 is 8.78 Å². The van der Waals surface area contributed by atoms with Gasteiger partial charge in [0.1, 0.15) is 17.1 Å². The molecule has 59 heavy (non-hydrogen) atoms. The zero-order valence-electron chi connectivity index (χ0n) is 38.2. The first-order valence-electron chi connectivity index (χ1n) is 23.0. The monoisotopic (exact) mass is 928 g/mol. The van der Waals surface area contributed by atoms with Crippen molar-refractivity contribution in [3.8, 4) is 0 Å². The van der Waals surface area contributed by atoms with Crippen molar-refractivity contribution in [2.75, 3.05) is 6.66 Å². The van der Waals surface area contributed by atoms with Crippen molar-refractivity contribution in [2.45, 2.75) is 192 Å². The number of benzene rings is 1. The summed E-state index contributed by atoms with van der Waals surface area (Å²) in [4.78, 5) is 12.3. The summed E-state index contributed by atoms with van der Waals surface area (Å²) < 4.78 is 32.0. The summed E-state index contributed by atoms with van der Waals surface area (Å²) in [5, 5.41) is 32.2. The molecule has 0 radical (unpaired) electrons. The van der Waals surface area contributed by atoms with Crippen LogP contribution >= 0.6 is 22.1 Å². The van der Waals surface area contributed by atoms with Crippen LogP contribution in [-0.4, -0.2) is 50.8 Å². The Morgan fingerprint density at radius 2 is 1.12 bits per heavy atom. The number of carbonyl (C=O) groups excluding carboxylic acids is 1. The van der Waals surface area contributed by atoms with E-state index in [1.807, 2.05) is 19.9 Å². The first-order chi connectivity index (χ1) is 26.8. The van der Waals surface area contributed by atoms with Crippen molar-refractivity contribution < 1.29 is 80.3 Å². The molecule has 15 atom stereocenters. The second-order valence-corrected chi connectivity index (χ2v) is 27.2. The molecule has 0 saturated heterocycles. The number of halogens is 3. The van der Waals surface area contributed by atoms with Crippen LogP contribution in [0.3, 0.4) is 0 Å². The van der Waals surface area contributed by atoms with E-state index in [0.717, 1.165) is 57.8 Å². The molecule has 8 aliphatic rings. The Balaban J connectivity index is 0.000000169. The number of allylic oxidation sites excluding steroid dienone is 1. The van der Waals surface area contributed by atoms with Gasteiger partial charge in [-0.1, -0.05) is 92.6 Å². The third-order valence-electron chi connectivity index (χ3n) is 17.4. The van der Waals surface area contributed by atoms with E-state index in [1.165, 1.54) is 23.7 Å². The Morgan fingerprint density at radius 3 is 1.56 bits per heavy atom. The summed E-state index contributed by atoms with van der Waals surface area (Å²) in [6, 6.07) is 10.4. The quantitative estimate of drug-likeness (QED) is 0.168. The van der Waals surface area contributed by atoms with Crippen molar-refractivity contribution in [1.29, 1.82) is 0 Å². The number of aliphatic hydroxyl groups is 2.